The van der Waals surface area contributed by atoms with Crippen molar-refractivity contribution < 1.29 is 24.4 Å². The highest BCUT2D eigenvalue weighted by Gasteiger charge is 2.26. The molecule has 3 amide bonds. The van der Waals surface area contributed by atoms with Crippen LogP contribution in [0.5, 0.6) is 0 Å². The third-order valence-electron chi connectivity index (χ3n) is 3.63. The van der Waals surface area contributed by atoms with Gasteiger partial charge in [0.25, 0.3) is 0 Å². The Morgan fingerprint density at radius 3 is 2.38 bits per heavy atom. The number of rotatable bonds is 6. The molecule has 1 aliphatic rings. The van der Waals surface area contributed by atoms with Crippen molar-refractivity contribution >= 4 is 30.9 Å². The van der Waals surface area contributed by atoms with Crippen molar-refractivity contribution in [3.63, 3.8) is 0 Å². The summed E-state index contributed by atoms with van der Waals surface area (Å²) in [5.74, 6) is -1.06. The molecule has 0 aromatic heterocycles. The van der Waals surface area contributed by atoms with E-state index < -0.39 is 13.0 Å². The first-order valence-electron chi connectivity index (χ1n) is 7.73. The minimum atomic E-state index is -1.84. The van der Waals surface area contributed by atoms with Crippen LogP contribution >= 0.6 is 0 Å². The van der Waals surface area contributed by atoms with Gasteiger partial charge >= 0.3 is 7.12 Å². The lowest BCUT2D eigenvalue weighted by molar-refractivity contribution is -0.148. The zero-order chi connectivity index (χ0) is 17.5. The summed E-state index contributed by atoms with van der Waals surface area (Å²) >= 11 is 0. The van der Waals surface area contributed by atoms with Crippen LogP contribution in [0.3, 0.4) is 0 Å². The zero-order valence-corrected chi connectivity index (χ0v) is 13.1. The summed E-state index contributed by atoms with van der Waals surface area (Å²) in [5.41, 5.74) is 0.629. The van der Waals surface area contributed by atoms with Crippen molar-refractivity contribution in [1.82, 2.24) is 10.2 Å². The van der Waals surface area contributed by atoms with Gasteiger partial charge < -0.3 is 15.4 Å². The third kappa shape index (κ3) is 5.04. The third-order valence-corrected chi connectivity index (χ3v) is 3.63. The Morgan fingerprint density at radius 1 is 1.17 bits per heavy atom. The maximum Gasteiger partial charge on any atom is 0.505 e. The molecule has 1 heterocycles. The SMILES string of the molecule is O=C(CCN1C(=O)CCCC1=O)N/C(=C/c1ccccc1)B(O)O. The largest absolute Gasteiger partial charge is 0.505 e. The van der Waals surface area contributed by atoms with Crippen molar-refractivity contribution in [1.29, 1.82) is 0 Å². The first-order valence-corrected chi connectivity index (χ1v) is 7.73. The minimum Gasteiger partial charge on any atom is -0.422 e. The highest BCUT2D eigenvalue weighted by Crippen LogP contribution is 2.12. The Hall–Kier alpha value is -2.45. The molecule has 1 saturated heterocycles. The molecule has 3 N–H and O–H groups in total. The number of imide groups is 1. The first-order chi connectivity index (χ1) is 11.5. The quantitative estimate of drug-likeness (QED) is 0.506. The fourth-order valence-corrected chi connectivity index (χ4v) is 2.39. The molecule has 0 bridgehead atoms. The van der Waals surface area contributed by atoms with E-state index in [1.54, 1.807) is 24.3 Å². The molecular formula is C16H19BN2O5. The first kappa shape index (κ1) is 17.9. The summed E-state index contributed by atoms with van der Waals surface area (Å²) in [5, 5.41) is 21.2. The molecule has 1 aliphatic heterocycles. The zero-order valence-electron chi connectivity index (χ0n) is 13.1. The molecule has 24 heavy (non-hydrogen) atoms. The van der Waals surface area contributed by atoms with Crippen LogP contribution in [0.2, 0.25) is 0 Å². The number of hydrogen-bond acceptors (Lipinski definition) is 5. The van der Waals surface area contributed by atoms with Gasteiger partial charge in [0.2, 0.25) is 17.7 Å². The molecule has 1 aromatic rings. The molecule has 1 fully saturated rings. The van der Waals surface area contributed by atoms with Gasteiger partial charge in [0, 0.05) is 31.4 Å². The number of amides is 3. The number of nitrogens with one attached hydrogen (secondary N) is 1. The fourth-order valence-electron chi connectivity index (χ4n) is 2.39. The molecule has 126 valence electrons. The Labute approximate surface area is 140 Å². The van der Waals surface area contributed by atoms with E-state index in [0.717, 1.165) is 4.90 Å². The molecule has 0 atom stereocenters. The van der Waals surface area contributed by atoms with Crippen molar-refractivity contribution in [3.8, 4) is 0 Å². The van der Waals surface area contributed by atoms with Crippen molar-refractivity contribution in [2.75, 3.05) is 6.54 Å². The number of nitrogens with zero attached hydrogens (tertiary/aromatic N) is 1. The molecule has 0 aliphatic carbocycles. The Bertz CT molecular complexity index is 629. The normalized spacial score (nSPS) is 15.4. The number of carbonyl (C=O) groups is 3. The second-order valence-corrected chi connectivity index (χ2v) is 5.47. The van der Waals surface area contributed by atoms with Crippen LogP contribution in [-0.2, 0) is 14.4 Å². The molecule has 0 spiro atoms. The Balaban J connectivity index is 1.95. The fraction of sp³-hybridized carbons (Fsp3) is 0.312. The second kappa shape index (κ2) is 8.42. The van der Waals surface area contributed by atoms with Gasteiger partial charge in [-0.15, -0.1) is 0 Å². The van der Waals surface area contributed by atoms with Gasteiger partial charge in [0.15, 0.2) is 0 Å². The van der Waals surface area contributed by atoms with Gasteiger partial charge in [-0.2, -0.15) is 0 Å². The van der Waals surface area contributed by atoms with E-state index in [0.29, 0.717) is 24.8 Å². The van der Waals surface area contributed by atoms with E-state index in [4.69, 9.17) is 0 Å². The lowest BCUT2D eigenvalue weighted by Gasteiger charge is -2.24. The van der Waals surface area contributed by atoms with Crippen molar-refractivity contribution in [2.45, 2.75) is 25.7 Å². The summed E-state index contributed by atoms with van der Waals surface area (Å²) in [6.45, 7) is -0.0103. The molecule has 2 rings (SSSR count). The van der Waals surface area contributed by atoms with E-state index in [1.807, 2.05) is 6.07 Å². The lowest BCUT2D eigenvalue weighted by atomic mass is 9.84. The van der Waals surface area contributed by atoms with Gasteiger partial charge in [-0.05, 0) is 18.1 Å². The van der Waals surface area contributed by atoms with Gasteiger partial charge in [0.05, 0.1) is 0 Å². The molecule has 7 nitrogen and oxygen atoms in total. The molecule has 0 saturated carbocycles. The summed E-state index contributed by atoms with van der Waals surface area (Å²) < 4.78 is 0. The lowest BCUT2D eigenvalue weighted by Crippen LogP contribution is -2.42. The van der Waals surface area contributed by atoms with Crippen LogP contribution in [-0.4, -0.2) is 46.3 Å². The smallest absolute Gasteiger partial charge is 0.422 e. The van der Waals surface area contributed by atoms with Crippen LogP contribution in [0, 0.1) is 0 Å². The van der Waals surface area contributed by atoms with Crippen LogP contribution in [0.1, 0.15) is 31.2 Å². The van der Waals surface area contributed by atoms with Crippen LogP contribution in [0.4, 0.5) is 0 Å². The highest BCUT2D eigenvalue weighted by atomic mass is 16.4. The Kier molecular flexibility index (Phi) is 6.28. The van der Waals surface area contributed by atoms with Crippen LogP contribution in [0.15, 0.2) is 35.9 Å². The summed E-state index contributed by atoms with van der Waals surface area (Å²) in [7, 11) is -1.84. The van der Waals surface area contributed by atoms with Crippen LogP contribution in [0.25, 0.3) is 6.08 Å². The van der Waals surface area contributed by atoms with E-state index >= 15 is 0 Å². The summed E-state index contributed by atoms with van der Waals surface area (Å²) in [6, 6.07) is 8.88. The monoisotopic (exact) mass is 330 g/mol. The minimum absolute atomic E-state index is 0.0103. The molecule has 8 heteroatoms. The number of likely N-dealkylation sites (tertiary alicyclic amines) is 1. The van der Waals surface area contributed by atoms with Gasteiger partial charge in [-0.3, -0.25) is 19.3 Å². The second-order valence-electron chi connectivity index (χ2n) is 5.47. The maximum absolute atomic E-state index is 12.0. The van der Waals surface area contributed by atoms with Gasteiger partial charge in [-0.25, -0.2) is 0 Å². The average molecular weight is 330 g/mol. The predicted molar refractivity (Wildman–Crippen MR) is 87.9 cm³/mol. The van der Waals surface area contributed by atoms with Crippen molar-refractivity contribution in [2.24, 2.45) is 0 Å². The van der Waals surface area contributed by atoms with E-state index in [-0.39, 0.29) is 30.4 Å². The Morgan fingerprint density at radius 2 is 1.79 bits per heavy atom. The molecule has 0 radical (unpaired) electrons. The van der Waals surface area contributed by atoms with E-state index in [9.17, 15) is 24.4 Å². The van der Waals surface area contributed by atoms with Crippen molar-refractivity contribution in [3.05, 3.63) is 41.5 Å². The highest BCUT2D eigenvalue weighted by molar-refractivity contribution is 6.52. The number of carbonyl (C=O) groups excluding carboxylic acids is 3. The number of hydrogen-bond donors (Lipinski definition) is 3. The summed E-state index contributed by atoms with van der Waals surface area (Å²) in [6.07, 6.45) is 2.50. The predicted octanol–water partition coefficient (Wildman–Crippen LogP) is 0.0849. The topological polar surface area (TPSA) is 107 Å². The number of benzene rings is 1. The van der Waals surface area contributed by atoms with E-state index in [1.165, 1.54) is 6.08 Å². The average Bonchev–Trinajstić information content (AvgIpc) is 2.54. The van der Waals surface area contributed by atoms with Gasteiger partial charge in [-0.1, -0.05) is 30.3 Å². The maximum atomic E-state index is 12.0. The van der Waals surface area contributed by atoms with Gasteiger partial charge in [0.1, 0.15) is 0 Å². The molecule has 0 unspecified atom stereocenters. The van der Waals surface area contributed by atoms with E-state index in [2.05, 4.69) is 5.32 Å². The molecular weight excluding hydrogens is 311 g/mol. The standard InChI is InChI=1S/C16H19BN2O5/c20-14(9-10-19-15(21)7-4-8-16(19)22)18-13(17(23)24)11-12-5-2-1-3-6-12/h1-3,5-6,11,23-24H,4,7-10H2,(H,18,20)/b13-11+. The number of piperidine rings is 1. The van der Waals surface area contributed by atoms with Crippen LogP contribution < -0.4 is 5.32 Å². The summed E-state index contributed by atoms with van der Waals surface area (Å²) in [4.78, 5) is 36.4. The molecule has 1 aromatic carbocycles.